The third kappa shape index (κ3) is 45.0. The summed E-state index contributed by atoms with van der Waals surface area (Å²) in [6, 6.07) is 0. The first-order valence-electron chi connectivity index (χ1n) is 19.2. The molecule has 294 valence electrons. The Bertz CT molecular complexity index is 614. The number of esters is 1. The van der Waals surface area contributed by atoms with E-state index in [1.165, 1.54) is 57.8 Å². The molecule has 0 unspecified atom stereocenters. The second-order valence-electron chi connectivity index (χ2n) is 11.6. The van der Waals surface area contributed by atoms with Gasteiger partial charge in [0.2, 0.25) is 0 Å². The van der Waals surface area contributed by atoms with E-state index in [-0.39, 0.29) is 12.6 Å². The molecule has 12 nitrogen and oxygen atoms in total. The van der Waals surface area contributed by atoms with E-state index in [4.69, 9.17) is 52.1 Å². The zero-order valence-corrected chi connectivity index (χ0v) is 31.4. The lowest BCUT2D eigenvalue weighted by Gasteiger charge is -2.09. The van der Waals surface area contributed by atoms with Gasteiger partial charge in [-0.05, 0) is 12.8 Å². The molecule has 49 heavy (non-hydrogen) atoms. The summed E-state index contributed by atoms with van der Waals surface area (Å²) < 4.78 is 60.1. The molecule has 0 atom stereocenters. The highest BCUT2D eigenvalue weighted by Crippen LogP contribution is 2.07. The average Bonchev–Trinajstić information content (AvgIpc) is 3.11. The van der Waals surface area contributed by atoms with Crippen LogP contribution in [0.25, 0.3) is 0 Å². The number of carbonyl (C=O) groups excluding carboxylic acids is 1. The maximum atomic E-state index is 11.7. The summed E-state index contributed by atoms with van der Waals surface area (Å²) in [6.07, 6.45) is 15.1. The van der Waals surface area contributed by atoms with Crippen LogP contribution in [0.1, 0.15) is 97.3 Å². The molecule has 0 saturated heterocycles. The maximum absolute atomic E-state index is 11.7. The Morgan fingerprint density at radius 2 is 0.531 bits per heavy atom. The molecular weight excluding hydrogens is 636 g/mol. The first kappa shape index (κ1) is 48.1. The lowest BCUT2D eigenvalue weighted by atomic mass is 10.1. The van der Waals surface area contributed by atoms with Gasteiger partial charge in [-0.1, -0.05) is 78.1 Å². The van der Waals surface area contributed by atoms with Crippen LogP contribution in [0.3, 0.4) is 0 Å². The predicted octanol–water partition coefficient (Wildman–Crippen LogP) is 5.81. The van der Waals surface area contributed by atoms with Crippen molar-refractivity contribution < 1.29 is 56.9 Å². The monoisotopic (exact) mass is 711 g/mol. The molecule has 0 radical (unpaired) electrons. The summed E-state index contributed by atoms with van der Waals surface area (Å²) in [7, 11) is 0. The van der Waals surface area contributed by atoms with E-state index >= 15 is 0 Å². The standard InChI is InChI=1S/C37H74O12/c1-3-5-7-9-11-13-15-37(38)49-36-35-48-34-33-47-32-31-46-30-29-45-28-27-44-26-25-43-24-23-42-22-21-41-20-19-40-18-17-39-16-14-12-10-8-6-4-2/h3-36H2,1-2H3. The molecule has 0 aromatic heterocycles. The minimum atomic E-state index is -0.141. The summed E-state index contributed by atoms with van der Waals surface area (Å²) in [5.41, 5.74) is 0. The average molecular weight is 711 g/mol. The van der Waals surface area contributed by atoms with Crippen molar-refractivity contribution in [3.8, 4) is 0 Å². The van der Waals surface area contributed by atoms with Crippen LogP contribution in [0.15, 0.2) is 0 Å². The molecule has 0 N–H and O–H groups in total. The number of rotatable bonds is 44. The zero-order chi connectivity index (χ0) is 35.4. The summed E-state index contributed by atoms with van der Waals surface area (Å²) in [5.74, 6) is -0.141. The fraction of sp³-hybridized carbons (Fsp3) is 0.973. The first-order valence-corrected chi connectivity index (χ1v) is 19.2. The molecule has 0 rings (SSSR count). The minimum absolute atomic E-state index is 0.141. The van der Waals surface area contributed by atoms with E-state index in [0.29, 0.717) is 132 Å². The van der Waals surface area contributed by atoms with Gasteiger partial charge in [-0.25, -0.2) is 0 Å². The molecule has 0 aliphatic carbocycles. The molecule has 0 aliphatic rings. The van der Waals surface area contributed by atoms with Crippen LogP contribution in [0.2, 0.25) is 0 Å². The molecular formula is C37H74O12. The van der Waals surface area contributed by atoms with E-state index in [0.717, 1.165) is 25.9 Å². The van der Waals surface area contributed by atoms with Gasteiger partial charge in [0.05, 0.1) is 126 Å². The largest absolute Gasteiger partial charge is 0.463 e. The molecule has 0 fully saturated rings. The molecule has 0 spiro atoms. The molecule has 12 heteroatoms. The van der Waals surface area contributed by atoms with Crippen molar-refractivity contribution in [1.82, 2.24) is 0 Å². The van der Waals surface area contributed by atoms with Crippen molar-refractivity contribution in [2.45, 2.75) is 97.3 Å². The Labute approximate surface area is 298 Å². The molecule has 0 aliphatic heterocycles. The van der Waals surface area contributed by atoms with Gasteiger partial charge in [0, 0.05) is 13.0 Å². The first-order chi connectivity index (χ1) is 24.3. The highest BCUT2D eigenvalue weighted by atomic mass is 16.6. The molecule has 0 aromatic carbocycles. The van der Waals surface area contributed by atoms with Crippen molar-refractivity contribution in [1.29, 1.82) is 0 Å². The minimum Gasteiger partial charge on any atom is -0.463 e. The van der Waals surface area contributed by atoms with Gasteiger partial charge in [-0.2, -0.15) is 0 Å². The number of hydrogen-bond acceptors (Lipinski definition) is 12. The fourth-order valence-electron chi connectivity index (χ4n) is 4.40. The van der Waals surface area contributed by atoms with Crippen LogP contribution in [-0.4, -0.2) is 145 Å². The Balaban J connectivity index is 3.09. The highest BCUT2D eigenvalue weighted by molar-refractivity contribution is 5.69. The number of hydrogen-bond donors (Lipinski definition) is 0. The van der Waals surface area contributed by atoms with Crippen molar-refractivity contribution in [2.24, 2.45) is 0 Å². The lowest BCUT2D eigenvalue weighted by Crippen LogP contribution is -2.15. The second-order valence-corrected chi connectivity index (χ2v) is 11.6. The smallest absolute Gasteiger partial charge is 0.305 e. The molecule has 0 heterocycles. The molecule has 0 amide bonds. The Morgan fingerprint density at radius 1 is 0.286 bits per heavy atom. The second kappa shape index (κ2) is 45.1. The van der Waals surface area contributed by atoms with Crippen LogP contribution < -0.4 is 0 Å². The number of carbonyl (C=O) groups is 1. The van der Waals surface area contributed by atoms with Gasteiger partial charge in [0.15, 0.2) is 0 Å². The van der Waals surface area contributed by atoms with Crippen molar-refractivity contribution in [3.05, 3.63) is 0 Å². The normalized spacial score (nSPS) is 11.5. The summed E-state index contributed by atoms with van der Waals surface area (Å²) in [5, 5.41) is 0. The topological polar surface area (TPSA) is 119 Å². The van der Waals surface area contributed by atoms with Gasteiger partial charge in [-0.15, -0.1) is 0 Å². The summed E-state index contributed by atoms with van der Waals surface area (Å²) in [6.45, 7) is 15.4. The van der Waals surface area contributed by atoms with Gasteiger partial charge < -0.3 is 52.1 Å². The SMILES string of the molecule is CCCCCCCCOCCOCCOCCOCCOCCOCCOCCOCCOCCOCCOC(=O)CCCCCCCC. The molecule has 0 saturated carbocycles. The quantitative estimate of drug-likeness (QED) is 0.0561. The zero-order valence-electron chi connectivity index (χ0n) is 31.4. The van der Waals surface area contributed by atoms with E-state index in [1.807, 2.05) is 0 Å². The highest BCUT2D eigenvalue weighted by Gasteiger charge is 2.03. The Hall–Kier alpha value is -0.930. The van der Waals surface area contributed by atoms with E-state index in [2.05, 4.69) is 13.8 Å². The molecule has 0 bridgehead atoms. The van der Waals surface area contributed by atoms with Gasteiger partial charge >= 0.3 is 5.97 Å². The van der Waals surface area contributed by atoms with E-state index < -0.39 is 0 Å². The Kier molecular flexibility index (Phi) is 44.2. The van der Waals surface area contributed by atoms with Crippen molar-refractivity contribution in [3.63, 3.8) is 0 Å². The predicted molar refractivity (Wildman–Crippen MR) is 191 cm³/mol. The van der Waals surface area contributed by atoms with Gasteiger partial charge in [0.1, 0.15) is 6.61 Å². The number of ether oxygens (including phenoxy) is 11. The third-order valence-corrected chi connectivity index (χ3v) is 7.22. The van der Waals surface area contributed by atoms with Crippen LogP contribution in [-0.2, 0) is 56.9 Å². The lowest BCUT2D eigenvalue weighted by molar-refractivity contribution is -0.145. The number of unbranched alkanes of at least 4 members (excludes halogenated alkanes) is 10. The van der Waals surface area contributed by atoms with Gasteiger partial charge in [-0.3, -0.25) is 4.79 Å². The van der Waals surface area contributed by atoms with Crippen LogP contribution >= 0.6 is 0 Å². The van der Waals surface area contributed by atoms with E-state index in [1.54, 1.807) is 0 Å². The summed E-state index contributed by atoms with van der Waals surface area (Å²) >= 11 is 0. The Morgan fingerprint density at radius 3 is 0.857 bits per heavy atom. The third-order valence-electron chi connectivity index (χ3n) is 7.22. The van der Waals surface area contributed by atoms with E-state index in [9.17, 15) is 4.79 Å². The van der Waals surface area contributed by atoms with Crippen LogP contribution in [0.5, 0.6) is 0 Å². The van der Waals surface area contributed by atoms with Crippen molar-refractivity contribution >= 4 is 5.97 Å². The van der Waals surface area contributed by atoms with Gasteiger partial charge in [0.25, 0.3) is 0 Å². The fourth-order valence-corrected chi connectivity index (χ4v) is 4.40. The summed E-state index contributed by atoms with van der Waals surface area (Å²) in [4.78, 5) is 11.7. The maximum Gasteiger partial charge on any atom is 0.305 e. The van der Waals surface area contributed by atoms with Crippen molar-refractivity contribution in [2.75, 3.05) is 139 Å². The molecule has 0 aromatic rings. The van der Waals surface area contributed by atoms with Crippen LogP contribution in [0.4, 0.5) is 0 Å². The van der Waals surface area contributed by atoms with Crippen LogP contribution in [0, 0.1) is 0 Å².